The van der Waals surface area contributed by atoms with Gasteiger partial charge in [0.1, 0.15) is 11.2 Å². The zero-order valence-corrected chi connectivity index (χ0v) is 15.3. The minimum Gasteiger partial charge on any atom is -0.389 e. The maximum Gasteiger partial charge on any atom is 0.121 e. The van der Waals surface area contributed by atoms with Gasteiger partial charge < -0.3 is 14.6 Å². The Bertz CT molecular complexity index is 575. The lowest BCUT2D eigenvalue weighted by Crippen LogP contribution is -2.75. The summed E-state index contributed by atoms with van der Waals surface area (Å²) < 4.78 is 13.3. The molecule has 5 rings (SSSR count). The van der Waals surface area contributed by atoms with Crippen molar-refractivity contribution in [2.75, 3.05) is 0 Å². The highest BCUT2D eigenvalue weighted by molar-refractivity contribution is 5.31. The van der Waals surface area contributed by atoms with Crippen molar-refractivity contribution in [3.05, 3.63) is 0 Å². The summed E-state index contributed by atoms with van der Waals surface area (Å²) in [6, 6.07) is 0. The third-order valence-corrected chi connectivity index (χ3v) is 9.17. The van der Waals surface area contributed by atoms with Crippen molar-refractivity contribution in [3.63, 3.8) is 0 Å². The van der Waals surface area contributed by atoms with Crippen molar-refractivity contribution >= 4 is 0 Å². The van der Waals surface area contributed by atoms with Gasteiger partial charge in [0.25, 0.3) is 0 Å². The predicted molar refractivity (Wildman–Crippen MR) is 88.1 cm³/mol. The van der Waals surface area contributed by atoms with Crippen LogP contribution in [0.1, 0.15) is 73.1 Å². The summed E-state index contributed by atoms with van der Waals surface area (Å²) in [6.45, 7) is 11.4. The number of aliphatic hydroxyl groups is 1. The van der Waals surface area contributed by atoms with E-state index in [0.717, 1.165) is 38.5 Å². The van der Waals surface area contributed by atoms with Gasteiger partial charge in [0.15, 0.2) is 0 Å². The smallest absolute Gasteiger partial charge is 0.121 e. The lowest BCUT2D eigenvalue weighted by atomic mass is 9.51. The largest absolute Gasteiger partial charge is 0.389 e. The molecule has 0 aromatic heterocycles. The van der Waals surface area contributed by atoms with E-state index in [-0.39, 0.29) is 28.3 Å². The maximum absolute atomic E-state index is 11.5. The Morgan fingerprint density at radius 3 is 2.43 bits per heavy atom. The van der Waals surface area contributed by atoms with Gasteiger partial charge in [-0.15, -0.1) is 0 Å². The van der Waals surface area contributed by atoms with Crippen LogP contribution in [0.2, 0.25) is 0 Å². The summed E-state index contributed by atoms with van der Waals surface area (Å²) in [5.41, 5.74) is -0.568. The molecule has 3 heterocycles. The Kier molecular flexibility index (Phi) is 2.53. The summed E-state index contributed by atoms with van der Waals surface area (Å²) in [7, 11) is 0. The second kappa shape index (κ2) is 3.83. The molecule has 5 aliphatic rings. The van der Waals surface area contributed by atoms with E-state index in [0.29, 0.717) is 17.8 Å². The van der Waals surface area contributed by atoms with Crippen molar-refractivity contribution in [1.29, 1.82) is 0 Å². The lowest BCUT2D eigenvalue weighted by molar-refractivity contribution is -0.360. The van der Waals surface area contributed by atoms with Gasteiger partial charge >= 0.3 is 0 Å². The number of rotatable bonds is 1. The van der Waals surface area contributed by atoms with E-state index >= 15 is 0 Å². The van der Waals surface area contributed by atoms with Gasteiger partial charge in [0.2, 0.25) is 0 Å². The van der Waals surface area contributed by atoms with Crippen LogP contribution in [-0.4, -0.2) is 33.6 Å². The monoisotopic (exact) mass is 320 g/mol. The van der Waals surface area contributed by atoms with Gasteiger partial charge in [-0.2, -0.15) is 0 Å². The van der Waals surface area contributed by atoms with Gasteiger partial charge in [-0.25, -0.2) is 0 Å². The van der Waals surface area contributed by atoms with Crippen LogP contribution in [0.4, 0.5) is 0 Å². The second-order valence-corrected chi connectivity index (χ2v) is 10.4. The van der Waals surface area contributed by atoms with Crippen molar-refractivity contribution < 1.29 is 14.6 Å². The van der Waals surface area contributed by atoms with Crippen molar-refractivity contribution in [2.24, 2.45) is 23.2 Å². The van der Waals surface area contributed by atoms with E-state index < -0.39 is 5.60 Å². The first-order valence-corrected chi connectivity index (χ1v) is 9.70. The highest BCUT2D eigenvalue weighted by Crippen LogP contribution is 2.75. The van der Waals surface area contributed by atoms with E-state index in [1.807, 2.05) is 0 Å². The fourth-order valence-corrected chi connectivity index (χ4v) is 7.64. The van der Waals surface area contributed by atoms with Crippen molar-refractivity contribution in [3.8, 4) is 0 Å². The molecule has 2 saturated carbocycles. The minimum atomic E-state index is -0.531. The molecule has 130 valence electrons. The molecule has 0 amide bonds. The topological polar surface area (TPSA) is 38.7 Å². The Balaban J connectivity index is 1.61. The summed E-state index contributed by atoms with van der Waals surface area (Å²) in [5.74, 6) is 1.15. The van der Waals surface area contributed by atoms with E-state index in [1.165, 1.54) is 0 Å². The molecule has 0 radical (unpaired) electrons. The van der Waals surface area contributed by atoms with Gasteiger partial charge in [-0.3, -0.25) is 0 Å². The first-order valence-electron chi connectivity index (χ1n) is 9.70. The number of fused-ring (bicyclic) bond motifs is 3. The Morgan fingerprint density at radius 2 is 1.74 bits per heavy atom. The summed E-state index contributed by atoms with van der Waals surface area (Å²) in [6.07, 6.45) is 6.80. The summed E-state index contributed by atoms with van der Waals surface area (Å²) >= 11 is 0. The number of ether oxygens (including phenoxy) is 2. The molecule has 3 saturated heterocycles. The molecule has 2 aliphatic carbocycles. The van der Waals surface area contributed by atoms with Crippen LogP contribution < -0.4 is 0 Å². The molecule has 3 heteroatoms. The molecular formula is C20H32O3. The molecule has 0 aromatic carbocycles. The first-order chi connectivity index (χ1) is 10.6. The quantitative estimate of drug-likeness (QED) is 0.801. The third-order valence-electron chi connectivity index (χ3n) is 9.17. The molecule has 1 unspecified atom stereocenters. The van der Waals surface area contributed by atoms with Gasteiger partial charge in [-0.05, 0) is 69.6 Å². The van der Waals surface area contributed by atoms with E-state index in [2.05, 4.69) is 34.6 Å². The molecule has 1 N–H and O–H groups in total. The van der Waals surface area contributed by atoms with Crippen LogP contribution in [0.3, 0.4) is 0 Å². The molecule has 5 fully saturated rings. The van der Waals surface area contributed by atoms with Crippen molar-refractivity contribution in [1.82, 2.24) is 0 Å². The maximum atomic E-state index is 11.5. The Morgan fingerprint density at radius 1 is 1.00 bits per heavy atom. The van der Waals surface area contributed by atoms with Crippen LogP contribution in [0.5, 0.6) is 0 Å². The lowest BCUT2D eigenvalue weighted by Gasteiger charge is -2.64. The average Bonchev–Trinajstić information content (AvgIpc) is 2.71. The minimum absolute atomic E-state index is 0.0196. The normalized spacial score (nSPS) is 66.1. The molecule has 3 nitrogen and oxygen atoms in total. The van der Waals surface area contributed by atoms with Crippen LogP contribution in [-0.2, 0) is 9.47 Å². The Labute approximate surface area is 140 Å². The molecule has 3 aliphatic heterocycles. The number of hydrogen-bond donors (Lipinski definition) is 1. The van der Waals surface area contributed by atoms with E-state index in [4.69, 9.17) is 9.47 Å². The van der Waals surface area contributed by atoms with E-state index in [9.17, 15) is 5.11 Å². The highest BCUT2D eigenvalue weighted by atomic mass is 16.7. The zero-order chi connectivity index (χ0) is 16.5. The predicted octanol–water partition coefficient (Wildman–Crippen LogP) is 3.68. The van der Waals surface area contributed by atoms with Crippen molar-refractivity contribution in [2.45, 2.75) is 102 Å². The standard InChI is InChI=1S/C20H32O3/c1-12(2)19(21)9-8-16(3)10-14-17(4)7-6-15-18(5,23-17)20(14,22-15)11-13(16)19/h12-15,21H,6-11H2,1-5H3/t13?,14-,15+,16-,17-,18-,19-,20-/m1/s1. The molecule has 0 aromatic rings. The third kappa shape index (κ3) is 1.39. The SMILES string of the molecule is CC(C)[C@]1(O)CC[C@]2(C)C[C@@H]3[C@@]4(C)CC[C@@H]5O[C@@]3(CC21)[C@]5(C)O4. The van der Waals surface area contributed by atoms with Crippen LogP contribution >= 0.6 is 0 Å². The molecule has 23 heavy (non-hydrogen) atoms. The summed E-state index contributed by atoms with van der Waals surface area (Å²) in [5, 5.41) is 11.5. The first kappa shape index (κ1) is 15.2. The average molecular weight is 320 g/mol. The summed E-state index contributed by atoms with van der Waals surface area (Å²) in [4.78, 5) is 0. The fourth-order valence-electron chi connectivity index (χ4n) is 7.64. The van der Waals surface area contributed by atoms with Gasteiger partial charge in [-0.1, -0.05) is 20.8 Å². The van der Waals surface area contributed by atoms with Crippen LogP contribution in [0.15, 0.2) is 0 Å². The van der Waals surface area contributed by atoms with Gasteiger partial charge in [0, 0.05) is 5.92 Å². The van der Waals surface area contributed by atoms with Gasteiger partial charge in [0.05, 0.1) is 17.3 Å². The van der Waals surface area contributed by atoms with Crippen LogP contribution in [0.25, 0.3) is 0 Å². The Hall–Kier alpha value is -0.120. The fraction of sp³-hybridized carbons (Fsp3) is 1.00. The molecule has 8 atom stereocenters. The molecule has 1 spiro atoms. The molecule has 2 bridgehead atoms. The highest BCUT2D eigenvalue weighted by Gasteiger charge is 2.83. The number of hydrogen-bond acceptors (Lipinski definition) is 3. The molecular weight excluding hydrogens is 288 g/mol. The second-order valence-electron chi connectivity index (χ2n) is 10.4. The zero-order valence-electron chi connectivity index (χ0n) is 15.3. The van der Waals surface area contributed by atoms with E-state index in [1.54, 1.807) is 0 Å². The van der Waals surface area contributed by atoms with Crippen LogP contribution in [0, 0.1) is 23.2 Å².